The Morgan fingerprint density at radius 2 is 1.89 bits per heavy atom. The minimum atomic E-state index is -0.995. The third-order valence-corrected chi connectivity index (χ3v) is 2.51. The molecule has 0 amide bonds. The van der Waals surface area contributed by atoms with E-state index >= 15 is 0 Å². The third-order valence-electron chi connectivity index (χ3n) is 2.51. The molecule has 0 aliphatic carbocycles. The van der Waals surface area contributed by atoms with Crippen LogP contribution < -0.4 is 0 Å². The Bertz CT molecular complexity index is 464. The van der Waals surface area contributed by atoms with Crippen LogP contribution in [0.25, 0.3) is 0 Å². The largest absolute Gasteiger partial charge is 0.478 e. The Kier molecular flexibility index (Phi) is 5.05. The van der Waals surface area contributed by atoms with Crippen molar-refractivity contribution in [3.05, 3.63) is 35.4 Å². The van der Waals surface area contributed by atoms with E-state index in [-0.39, 0.29) is 12.0 Å². The maximum absolute atomic E-state index is 11.2. The highest BCUT2D eigenvalue weighted by Gasteiger charge is 2.14. The van der Waals surface area contributed by atoms with E-state index in [1.807, 2.05) is 0 Å². The van der Waals surface area contributed by atoms with Gasteiger partial charge in [0.2, 0.25) is 5.78 Å². The van der Waals surface area contributed by atoms with Crippen LogP contribution in [0.4, 0.5) is 0 Å². The van der Waals surface area contributed by atoms with Crippen molar-refractivity contribution >= 4 is 17.7 Å². The summed E-state index contributed by atoms with van der Waals surface area (Å²) >= 11 is 0. The Hall–Kier alpha value is -2.17. The topological polar surface area (TPSA) is 80.7 Å². The highest BCUT2D eigenvalue weighted by molar-refractivity contribution is 6.33. The van der Waals surface area contributed by atoms with Gasteiger partial charge in [-0.1, -0.05) is 18.2 Å². The van der Waals surface area contributed by atoms with Gasteiger partial charge < -0.3 is 9.84 Å². The van der Waals surface area contributed by atoms with Crippen LogP contribution in [0.3, 0.4) is 0 Å². The molecule has 0 heterocycles. The van der Waals surface area contributed by atoms with Crippen LogP contribution in [0.1, 0.15) is 28.8 Å². The van der Waals surface area contributed by atoms with E-state index in [0.29, 0.717) is 18.4 Å². The second kappa shape index (κ2) is 6.54. The Morgan fingerprint density at radius 1 is 1.22 bits per heavy atom. The van der Waals surface area contributed by atoms with Gasteiger partial charge in [-0.05, 0) is 24.5 Å². The average Bonchev–Trinajstić information content (AvgIpc) is 2.38. The summed E-state index contributed by atoms with van der Waals surface area (Å²) in [4.78, 5) is 33.0. The second-order valence-corrected chi connectivity index (χ2v) is 3.73. The van der Waals surface area contributed by atoms with Crippen molar-refractivity contribution < 1.29 is 24.2 Å². The van der Waals surface area contributed by atoms with E-state index in [2.05, 4.69) is 4.74 Å². The molecule has 0 aliphatic rings. The number of carboxylic acids is 1. The highest BCUT2D eigenvalue weighted by Crippen LogP contribution is 2.12. The molecule has 5 nitrogen and oxygen atoms in total. The number of carbonyl (C=O) groups excluding carboxylic acids is 2. The van der Waals surface area contributed by atoms with Gasteiger partial charge in [0.05, 0.1) is 12.7 Å². The number of carbonyl (C=O) groups is 3. The van der Waals surface area contributed by atoms with Crippen molar-refractivity contribution in [2.24, 2.45) is 0 Å². The summed E-state index contributed by atoms with van der Waals surface area (Å²) in [6.07, 6.45) is 0.907. The van der Waals surface area contributed by atoms with Crippen LogP contribution in [0.15, 0.2) is 24.3 Å². The maximum atomic E-state index is 11.2. The standard InChI is InChI=1S/C13H14O5/c1-18-13(17)11(14)8-4-6-9-5-2-3-7-10(9)12(15)16/h2-3,5,7H,4,6,8H2,1H3,(H,15,16). The van der Waals surface area contributed by atoms with Gasteiger partial charge in [-0.2, -0.15) is 0 Å². The molecular weight excluding hydrogens is 236 g/mol. The van der Waals surface area contributed by atoms with Crippen LogP contribution in [0, 0.1) is 0 Å². The molecule has 0 atom stereocenters. The zero-order chi connectivity index (χ0) is 13.5. The number of ether oxygens (including phenoxy) is 1. The molecule has 1 N–H and O–H groups in total. The SMILES string of the molecule is COC(=O)C(=O)CCCc1ccccc1C(=O)O. The lowest BCUT2D eigenvalue weighted by Crippen LogP contribution is -2.15. The molecule has 0 bridgehead atoms. The van der Waals surface area contributed by atoms with Gasteiger partial charge in [0.1, 0.15) is 0 Å². The maximum Gasteiger partial charge on any atom is 0.374 e. The van der Waals surface area contributed by atoms with Crippen molar-refractivity contribution in [3.63, 3.8) is 0 Å². The van der Waals surface area contributed by atoms with Gasteiger partial charge in [0.25, 0.3) is 0 Å². The fourth-order valence-corrected chi connectivity index (χ4v) is 1.60. The summed E-state index contributed by atoms with van der Waals surface area (Å²) in [6.45, 7) is 0. The normalized spacial score (nSPS) is 9.83. The van der Waals surface area contributed by atoms with E-state index < -0.39 is 17.7 Å². The fraction of sp³-hybridized carbons (Fsp3) is 0.308. The molecule has 0 aliphatic heterocycles. The van der Waals surface area contributed by atoms with Crippen LogP contribution in [-0.2, 0) is 20.7 Å². The van der Waals surface area contributed by atoms with E-state index in [0.717, 1.165) is 7.11 Å². The summed E-state index contributed by atoms with van der Waals surface area (Å²) in [6, 6.07) is 6.60. The third kappa shape index (κ3) is 3.69. The number of hydrogen-bond acceptors (Lipinski definition) is 4. The Labute approximate surface area is 104 Å². The van der Waals surface area contributed by atoms with Crippen molar-refractivity contribution in [3.8, 4) is 0 Å². The summed E-state index contributed by atoms with van der Waals surface area (Å²) < 4.78 is 4.29. The van der Waals surface area contributed by atoms with Crippen LogP contribution in [-0.4, -0.2) is 29.9 Å². The number of benzene rings is 1. The molecule has 0 radical (unpaired) electrons. The van der Waals surface area contributed by atoms with Crippen molar-refractivity contribution in [1.82, 2.24) is 0 Å². The summed E-state index contributed by atoms with van der Waals surface area (Å²) in [5, 5.41) is 8.96. The van der Waals surface area contributed by atoms with E-state index in [4.69, 9.17) is 5.11 Å². The molecular formula is C13H14O5. The molecule has 18 heavy (non-hydrogen) atoms. The van der Waals surface area contributed by atoms with E-state index in [1.54, 1.807) is 18.2 Å². The molecule has 1 rings (SSSR count). The first kappa shape index (κ1) is 13.9. The number of ketones is 1. The monoisotopic (exact) mass is 250 g/mol. The quantitative estimate of drug-likeness (QED) is 0.610. The highest BCUT2D eigenvalue weighted by atomic mass is 16.5. The number of aromatic carboxylic acids is 1. The number of esters is 1. The molecule has 0 aromatic heterocycles. The fourth-order valence-electron chi connectivity index (χ4n) is 1.60. The van der Waals surface area contributed by atoms with Gasteiger partial charge in [0.15, 0.2) is 0 Å². The molecule has 0 saturated heterocycles. The van der Waals surface area contributed by atoms with Gasteiger partial charge in [-0.3, -0.25) is 4.79 Å². The molecule has 96 valence electrons. The second-order valence-electron chi connectivity index (χ2n) is 3.73. The minimum absolute atomic E-state index is 0.0562. The van der Waals surface area contributed by atoms with Crippen LogP contribution >= 0.6 is 0 Å². The molecule has 1 aromatic rings. The van der Waals surface area contributed by atoms with Crippen molar-refractivity contribution in [1.29, 1.82) is 0 Å². The smallest absolute Gasteiger partial charge is 0.374 e. The first-order valence-electron chi connectivity index (χ1n) is 5.48. The summed E-state index contributed by atoms with van der Waals surface area (Å²) in [7, 11) is 1.15. The summed E-state index contributed by atoms with van der Waals surface area (Å²) in [5.74, 6) is -2.45. The lowest BCUT2D eigenvalue weighted by Gasteiger charge is -2.04. The van der Waals surface area contributed by atoms with E-state index in [1.165, 1.54) is 6.07 Å². The Balaban J connectivity index is 2.57. The molecule has 0 unspecified atom stereocenters. The minimum Gasteiger partial charge on any atom is -0.478 e. The number of aryl methyl sites for hydroxylation is 1. The van der Waals surface area contributed by atoms with Gasteiger partial charge in [-0.25, -0.2) is 9.59 Å². The number of rotatable bonds is 6. The van der Waals surface area contributed by atoms with Gasteiger partial charge in [-0.15, -0.1) is 0 Å². The van der Waals surface area contributed by atoms with Crippen LogP contribution in [0.2, 0.25) is 0 Å². The molecule has 5 heteroatoms. The average molecular weight is 250 g/mol. The Morgan fingerprint density at radius 3 is 2.50 bits per heavy atom. The van der Waals surface area contributed by atoms with Gasteiger partial charge >= 0.3 is 11.9 Å². The molecule has 0 spiro atoms. The van der Waals surface area contributed by atoms with Crippen molar-refractivity contribution in [2.45, 2.75) is 19.3 Å². The zero-order valence-electron chi connectivity index (χ0n) is 10.0. The van der Waals surface area contributed by atoms with Crippen LogP contribution in [0.5, 0.6) is 0 Å². The number of carboxylic acid groups (broad SMARTS) is 1. The lowest BCUT2D eigenvalue weighted by molar-refractivity contribution is -0.151. The predicted octanol–water partition coefficient (Wildman–Crippen LogP) is 1.45. The number of Topliss-reactive ketones (excluding diaryl/α,β-unsaturated/α-hetero) is 1. The lowest BCUT2D eigenvalue weighted by atomic mass is 10.0. The first-order chi connectivity index (χ1) is 8.56. The molecule has 1 aromatic carbocycles. The number of methoxy groups -OCH3 is 1. The predicted molar refractivity (Wildman–Crippen MR) is 63.4 cm³/mol. The van der Waals surface area contributed by atoms with Crippen molar-refractivity contribution in [2.75, 3.05) is 7.11 Å². The first-order valence-corrected chi connectivity index (χ1v) is 5.48. The van der Waals surface area contributed by atoms with E-state index in [9.17, 15) is 14.4 Å². The number of hydrogen-bond donors (Lipinski definition) is 1. The molecule has 0 fully saturated rings. The van der Waals surface area contributed by atoms with Gasteiger partial charge in [0, 0.05) is 6.42 Å². The molecule has 0 saturated carbocycles. The zero-order valence-corrected chi connectivity index (χ0v) is 10.0. The summed E-state index contributed by atoms with van der Waals surface area (Å²) in [5.41, 5.74) is 0.880.